The third-order valence-corrected chi connectivity index (χ3v) is 3.12. The molecule has 2 rings (SSSR count). The summed E-state index contributed by atoms with van der Waals surface area (Å²) in [6.07, 6.45) is 0. The van der Waals surface area contributed by atoms with E-state index in [1.54, 1.807) is 0 Å². The molecule has 19 heavy (non-hydrogen) atoms. The second-order valence-electron chi connectivity index (χ2n) is 5.66. The summed E-state index contributed by atoms with van der Waals surface area (Å²) in [5.41, 5.74) is 2.38. The number of ketones is 1. The minimum absolute atomic E-state index is 0.0669. The van der Waals surface area contributed by atoms with Gasteiger partial charge in [0, 0.05) is 11.1 Å². The predicted molar refractivity (Wildman–Crippen MR) is 75.0 cm³/mol. The van der Waals surface area contributed by atoms with E-state index >= 15 is 0 Å². The maximum atomic E-state index is 12.8. The Labute approximate surface area is 113 Å². The largest absolute Gasteiger partial charge is 0.289 e. The second-order valence-corrected chi connectivity index (χ2v) is 5.66. The number of rotatable bonds is 2. The Morgan fingerprint density at radius 2 is 1.26 bits per heavy atom. The molecule has 0 saturated heterocycles. The first-order valence-corrected chi connectivity index (χ1v) is 6.29. The van der Waals surface area contributed by atoms with Crippen LogP contribution in [0.5, 0.6) is 0 Å². The molecule has 0 spiro atoms. The average molecular weight is 256 g/mol. The van der Waals surface area contributed by atoms with Crippen LogP contribution < -0.4 is 0 Å². The lowest BCUT2D eigenvalue weighted by atomic mass is 9.86. The van der Waals surface area contributed by atoms with Crippen LogP contribution in [0.4, 0.5) is 4.39 Å². The third kappa shape index (κ3) is 3.08. The Morgan fingerprint density at radius 1 is 0.842 bits per heavy atom. The van der Waals surface area contributed by atoms with Crippen molar-refractivity contribution < 1.29 is 9.18 Å². The van der Waals surface area contributed by atoms with E-state index < -0.39 is 0 Å². The molecule has 0 atom stereocenters. The highest BCUT2D eigenvalue weighted by Crippen LogP contribution is 2.22. The number of halogens is 1. The quantitative estimate of drug-likeness (QED) is 0.730. The number of hydrogen-bond acceptors (Lipinski definition) is 1. The van der Waals surface area contributed by atoms with Crippen LogP contribution >= 0.6 is 0 Å². The van der Waals surface area contributed by atoms with Crippen molar-refractivity contribution in [3.05, 3.63) is 71.0 Å². The summed E-state index contributed by atoms with van der Waals surface area (Å²) in [7, 11) is 0. The molecule has 2 aromatic rings. The van der Waals surface area contributed by atoms with E-state index in [-0.39, 0.29) is 17.0 Å². The van der Waals surface area contributed by atoms with E-state index in [2.05, 4.69) is 20.8 Å². The van der Waals surface area contributed by atoms with Gasteiger partial charge in [0.15, 0.2) is 5.78 Å². The first-order chi connectivity index (χ1) is 8.88. The molecule has 0 amide bonds. The number of carbonyl (C=O) groups is 1. The van der Waals surface area contributed by atoms with Crippen LogP contribution in [0, 0.1) is 5.82 Å². The zero-order valence-electron chi connectivity index (χ0n) is 11.4. The normalized spacial score (nSPS) is 11.4. The molecule has 0 aliphatic rings. The summed E-state index contributed by atoms with van der Waals surface area (Å²) in [4.78, 5) is 12.2. The summed E-state index contributed by atoms with van der Waals surface area (Å²) in [6, 6.07) is 13.2. The molecule has 0 aliphatic heterocycles. The maximum Gasteiger partial charge on any atom is 0.193 e. The first-order valence-electron chi connectivity index (χ1n) is 6.29. The fourth-order valence-electron chi connectivity index (χ4n) is 1.89. The van der Waals surface area contributed by atoms with E-state index in [0.717, 1.165) is 0 Å². The van der Waals surface area contributed by atoms with Gasteiger partial charge in [0.25, 0.3) is 0 Å². The third-order valence-electron chi connectivity index (χ3n) is 3.12. The molecular formula is C17H17FO. The monoisotopic (exact) mass is 256 g/mol. The van der Waals surface area contributed by atoms with Crippen molar-refractivity contribution in [2.24, 2.45) is 0 Å². The van der Waals surface area contributed by atoms with Gasteiger partial charge < -0.3 is 0 Å². The molecule has 2 aromatic carbocycles. The Balaban J connectivity index is 2.27. The van der Waals surface area contributed by atoms with Gasteiger partial charge in [-0.25, -0.2) is 4.39 Å². The van der Waals surface area contributed by atoms with Gasteiger partial charge in [-0.2, -0.15) is 0 Å². The van der Waals surface area contributed by atoms with Gasteiger partial charge in [0.1, 0.15) is 5.82 Å². The molecule has 0 saturated carbocycles. The highest BCUT2D eigenvalue weighted by Gasteiger charge is 2.15. The van der Waals surface area contributed by atoms with Gasteiger partial charge in [-0.15, -0.1) is 0 Å². The van der Waals surface area contributed by atoms with Crippen molar-refractivity contribution in [3.63, 3.8) is 0 Å². The van der Waals surface area contributed by atoms with Crippen molar-refractivity contribution in [2.45, 2.75) is 26.2 Å². The fourth-order valence-corrected chi connectivity index (χ4v) is 1.89. The summed E-state index contributed by atoms with van der Waals surface area (Å²) >= 11 is 0. The fraction of sp³-hybridized carbons (Fsp3) is 0.235. The van der Waals surface area contributed by atoms with Crippen molar-refractivity contribution in [1.29, 1.82) is 0 Å². The minimum atomic E-state index is -0.334. The van der Waals surface area contributed by atoms with Gasteiger partial charge in [-0.05, 0) is 35.2 Å². The molecular weight excluding hydrogens is 239 g/mol. The molecule has 0 fully saturated rings. The number of carbonyl (C=O) groups excluding carboxylic acids is 1. The van der Waals surface area contributed by atoms with E-state index in [0.29, 0.717) is 11.1 Å². The van der Waals surface area contributed by atoms with E-state index in [9.17, 15) is 9.18 Å². The average Bonchev–Trinajstić information content (AvgIpc) is 2.38. The minimum Gasteiger partial charge on any atom is -0.289 e. The van der Waals surface area contributed by atoms with Crippen molar-refractivity contribution in [1.82, 2.24) is 0 Å². The second kappa shape index (κ2) is 4.96. The Bertz CT molecular complexity index is 574. The van der Waals surface area contributed by atoms with Crippen LogP contribution in [0.3, 0.4) is 0 Å². The smallest absolute Gasteiger partial charge is 0.193 e. The van der Waals surface area contributed by atoms with Crippen LogP contribution in [0.1, 0.15) is 42.3 Å². The molecule has 0 aromatic heterocycles. The molecule has 0 unspecified atom stereocenters. The lowest BCUT2D eigenvalue weighted by Gasteiger charge is -2.19. The van der Waals surface area contributed by atoms with E-state index in [1.165, 1.54) is 29.8 Å². The van der Waals surface area contributed by atoms with Gasteiger partial charge in [0.2, 0.25) is 0 Å². The molecule has 0 aliphatic carbocycles. The molecule has 2 heteroatoms. The lowest BCUT2D eigenvalue weighted by molar-refractivity contribution is 0.103. The van der Waals surface area contributed by atoms with Crippen LogP contribution in [-0.4, -0.2) is 5.78 Å². The van der Waals surface area contributed by atoms with Gasteiger partial charge in [0.05, 0.1) is 0 Å². The zero-order chi connectivity index (χ0) is 14.0. The standard InChI is InChI=1S/C17H17FO/c1-17(2,3)14-8-4-12(5-9-14)16(19)13-6-10-15(18)11-7-13/h4-11H,1-3H3. The van der Waals surface area contributed by atoms with Crippen LogP contribution in [0.25, 0.3) is 0 Å². The molecule has 0 radical (unpaired) electrons. The first kappa shape index (κ1) is 13.5. The summed E-state index contributed by atoms with van der Waals surface area (Å²) in [6.45, 7) is 6.39. The number of benzene rings is 2. The summed E-state index contributed by atoms with van der Waals surface area (Å²) < 4.78 is 12.8. The highest BCUT2D eigenvalue weighted by atomic mass is 19.1. The van der Waals surface area contributed by atoms with Crippen molar-refractivity contribution >= 4 is 5.78 Å². The SMILES string of the molecule is CC(C)(C)c1ccc(C(=O)c2ccc(F)cc2)cc1. The molecule has 1 nitrogen and oxygen atoms in total. The van der Waals surface area contributed by atoms with Gasteiger partial charge >= 0.3 is 0 Å². The number of hydrogen-bond donors (Lipinski definition) is 0. The Hall–Kier alpha value is -1.96. The van der Waals surface area contributed by atoms with Gasteiger partial charge in [-0.1, -0.05) is 45.0 Å². The maximum absolute atomic E-state index is 12.8. The molecule has 98 valence electrons. The summed E-state index contributed by atoms with van der Waals surface area (Å²) in [5.74, 6) is -0.417. The summed E-state index contributed by atoms with van der Waals surface area (Å²) in [5, 5.41) is 0. The van der Waals surface area contributed by atoms with Crippen LogP contribution in [-0.2, 0) is 5.41 Å². The lowest BCUT2D eigenvalue weighted by Crippen LogP contribution is -2.11. The molecule has 0 N–H and O–H groups in total. The zero-order valence-corrected chi connectivity index (χ0v) is 11.4. The Kier molecular flexibility index (Phi) is 3.52. The Morgan fingerprint density at radius 3 is 1.68 bits per heavy atom. The van der Waals surface area contributed by atoms with Crippen molar-refractivity contribution in [2.75, 3.05) is 0 Å². The molecule has 0 bridgehead atoms. The van der Waals surface area contributed by atoms with E-state index in [1.807, 2.05) is 24.3 Å². The van der Waals surface area contributed by atoms with Gasteiger partial charge in [-0.3, -0.25) is 4.79 Å². The van der Waals surface area contributed by atoms with E-state index in [4.69, 9.17) is 0 Å². The van der Waals surface area contributed by atoms with Crippen LogP contribution in [0.2, 0.25) is 0 Å². The van der Waals surface area contributed by atoms with Crippen molar-refractivity contribution in [3.8, 4) is 0 Å². The topological polar surface area (TPSA) is 17.1 Å². The van der Waals surface area contributed by atoms with Crippen LogP contribution in [0.15, 0.2) is 48.5 Å². The predicted octanol–water partition coefficient (Wildman–Crippen LogP) is 4.35. The molecule has 0 heterocycles. The highest BCUT2D eigenvalue weighted by molar-refractivity contribution is 6.08.